The molecule has 0 atom stereocenters. The van der Waals surface area contributed by atoms with Gasteiger partial charge in [-0.15, -0.1) is 0 Å². The Morgan fingerprint density at radius 1 is 1.00 bits per heavy atom. The van der Waals surface area contributed by atoms with E-state index in [4.69, 9.17) is 44.3 Å². The van der Waals surface area contributed by atoms with Crippen molar-refractivity contribution in [1.82, 2.24) is 0 Å². The highest BCUT2D eigenvalue weighted by Gasteiger charge is 2.14. The van der Waals surface area contributed by atoms with Crippen molar-refractivity contribution >= 4 is 46.7 Å². The standard InChI is InChI=1S/C16H9Cl3O3/c17-11-4-3-10(15(18)16(11)19)12(20)5-1-9-2-6-13-14(7-9)22-8-21-13/h1-7H,8H2. The zero-order chi connectivity index (χ0) is 15.7. The third-order valence-corrected chi connectivity index (χ3v) is 4.42. The number of ether oxygens (including phenoxy) is 2. The molecule has 1 heterocycles. The van der Waals surface area contributed by atoms with Crippen LogP contribution in [0.3, 0.4) is 0 Å². The fourth-order valence-corrected chi connectivity index (χ4v) is 2.62. The average Bonchev–Trinajstić information content (AvgIpc) is 2.98. The molecule has 0 N–H and O–H groups in total. The van der Waals surface area contributed by atoms with Gasteiger partial charge in [0.25, 0.3) is 0 Å². The number of allylic oxidation sites excluding steroid dienone is 1. The molecule has 0 saturated carbocycles. The molecule has 1 aliphatic heterocycles. The third-order valence-electron chi connectivity index (χ3n) is 3.12. The number of carbonyl (C=O) groups is 1. The molecule has 0 fully saturated rings. The van der Waals surface area contributed by atoms with E-state index in [-0.39, 0.29) is 22.6 Å². The topological polar surface area (TPSA) is 35.5 Å². The van der Waals surface area contributed by atoms with Gasteiger partial charge in [0.15, 0.2) is 17.3 Å². The lowest BCUT2D eigenvalue weighted by molar-refractivity contribution is 0.104. The quantitative estimate of drug-likeness (QED) is 0.427. The van der Waals surface area contributed by atoms with Crippen LogP contribution < -0.4 is 9.47 Å². The van der Waals surface area contributed by atoms with E-state index in [1.807, 2.05) is 6.07 Å². The fraction of sp³-hybridized carbons (Fsp3) is 0.0625. The van der Waals surface area contributed by atoms with E-state index in [0.29, 0.717) is 22.1 Å². The molecular formula is C16H9Cl3O3. The van der Waals surface area contributed by atoms with E-state index in [2.05, 4.69) is 0 Å². The van der Waals surface area contributed by atoms with Crippen LogP contribution in [0.1, 0.15) is 15.9 Å². The lowest BCUT2D eigenvalue weighted by atomic mass is 10.1. The molecule has 112 valence electrons. The van der Waals surface area contributed by atoms with Crippen LogP contribution in [-0.2, 0) is 0 Å². The first-order valence-electron chi connectivity index (χ1n) is 6.32. The summed E-state index contributed by atoms with van der Waals surface area (Å²) in [5.74, 6) is 1.08. The molecule has 0 radical (unpaired) electrons. The van der Waals surface area contributed by atoms with Gasteiger partial charge in [-0.05, 0) is 35.9 Å². The lowest BCUT2D eigenvalue weighted by Gasteiger charge is -2.04. The van der Waals surface area contributed by atoms with Crippen molar-refractivity contribution in [2.75, 3.05) is 6.79 Å². The van der Waals surface area contributed by atoms with Crippen LogP contribution in [0.25, 0.3) is 6.08 Å². The first kappa shape index (κ1) is 15.2. The van der Waals surface area contributed by atoms with Gasteiger partial charge in [-0.2, -0.15) is 0 Å². The molecule has 22 heavy (non-hydrogen) atoms. The highest BCUT2D eigenvalue weighted by molar-refractivity contribution is 6.49. The molecule has 2 aromatic rings. The maximum atomic E-state index is 12.2. The highest BCUT2D eigenvalue weighted by Crippen LogP contribution is 2.34. The van der Waals surface area contributed by atoms with E-state index in [9.17, 15) is 4.79 Å². The van der Waals surface area contributed by atoms with Crippen LogP contribution in [-0.4, -0.2) is 12.6 Å². The monoisotopic (exact) mass is 354 g/mol. The second kappa shape index (κ2) is 6.21. The van der Waals surface area contributed by atoms with Crippen LogP contribution in [0, 0.1) is 0 Å². The van der Waals surface area contributed by atoms with Crippen molar-refractivity contribution in [1.29, 1.82) is 0 Å². The van der Waals surface area contributed by atoms with Crippen molar-refractivity contribution < 1.29 is 14.3 Å². The van der Waals surface area contributed by atoms with E-state index in [1.54, 1.807) is 24.3 Å². The summed E-state index contributed by atoms with van der Waals surface area (Å²) in [5.41, 5.74) is 1.11. The van der Waals surface area contributed by atoms with Crippen LogP contribution in [0.15, 0.2) is 36.4 Å². The van der Waals surface area contributed by atoms with Crippen molar-refractivity contribution in [3.63, 3.8) is 0 Å². The summed E-state index contributed by atoms with van der Waals surface area (Å²) in [5, 5.41) is 0.628. The molecule has 1 aliphatic rings. The minimum absolute atomic E-state index is 0.148. The summed E-state index contributed by atoms with van der Waals surface area (Å²) >= 11 is 17.8. The smallest absolute Gasteiger partial charge is 0.231 e. The Kier molecular flexibility index (Phi) is 4.30. The summed E-state index contributed by atoms with van der Waals surface area (Å²) in [7, 11) is 0. The third kappa shape index (κ3) is 2.93. The van der Waals surface area contributed by atoms with E-state index >= 15 is 0 Å². The Morgan fingerprint density at radius 3 is 2.59 bits per heavy atom. The molecule has 0 amide bonds. The Hall–Kier alpha value is -1.68. The van der Waals surface area contributed by atoms with E-state index in [0.717, 1.165) is 5.56 Å². The van der Waals surface area contributed by atoms with Crippen LogP contribution in [0.5, 0.6) is 11.5 Å². The molecular weight excluding hydrogens is 347 g/mol. The van der Waals surface area contributed by atoms with Crippen molar-refractivity contribution in [2.45, 2.75) is 0 Å². The number of hydrogen-bond acceptors (Lipinski definition) is 3. The fourth-order valence-electron chi connectivity index (χ4n) is 1.99. The van der Waals surface area contributed by atoms with Crippen LogP contribution in [0.2, 0.25) is 15.1 Å². The first-order chi connectivity index (χ1) is 10.6. The van der Waals surface area contributed by atoms with E-state index < -0.39 is 0 Å². The van der Waals surface area contributed by atoms with Crippen LogP contribution >= 0.6 is 34.8 Å². The van der Waals surface area contributed by atoms with Gasteiger partial charge in [-0.25, -0.2) is 0 Å². The largest absolute Gasteiger partial charge is 0.454 e. The van der Waals surface area contributed by atoms with E-state index in [1.165, 1.54) is 12.1 Å². The van der Waals surface area contributed by atoms with Crippen LogP contribution in [0.4, 0.5) is 0 Å². The summed E-state index contributed by atoms with van der Waals surface area (Å²) < 4.78 is 10.5. The number of fused-ring (bicyclic) bond motifs is 1. The summed E-state index contributed by atoms with van der Waals surface area (Å²) in [6.07, 6.45) is 3.09. The van der Waals surface area contributed by atoms with Gasteiger partial charge >= 0.3 is 0 Å². The van der Waals surface area contributed by atoms with Gasteiger partial charge in [0.2, 0.25) is 6.79 Å². The highest BCUT2D eigenvalue weighted by atomic mass is 35.5. The second-order valence-corrected chi connectivity index (χ2v) is 5.70. The van der Waals surface area contributed by atoms with Gasteiger partial charge < -0.3 is 9.47 Å². The van der Waals surface area contributed by atoms with Crippen molar-refractivity contribution in [2.24, 2.45) is 0 Å². The molecule has 0 spiro atoms. The number of hydrogen-bond donors (Lipinski definition) is 0. The molecule has 0 bridgehead atoms. The predicted molar refractivity (Wildman–Crippen MR) is 87.4 cm³/mol. The molecule has 0 saturated heterocycles. The number of ketones is 1. The summed E-state index contributed by atoms with van der Waals surface area (Å²) in [6.45, 7) is 0.209. The zero-order valence-corrected chi connectivity index (χ0v) is 13.4. The number of benzene rings is 2. The molecule has 0 unspecified atom stereocenters. The van der Waals surface area contributed by atoms with Gasteiger partial charge in [0.1, 0.15) is 0 Å². The molecule has 0 aliphatic carbocycles. The Balaban J connectivity index is 1.84. The summed E-state index contributed by atoms with van der Waals surface area (Å²) in [4.78, 5) is 12.2. The Morgan fingerprint density at radius 2 is 1.77 bits per heavy atom. The summed E-state index contributed by atoms with van der Waals surface area (Å²) in [6, 6.07) is 8.50. The Labute approximate surface area is 142 Å². The van der Waals surface area contributed by atoms with Gasteiger partial charge in [-0.1, -0.05) is 46.9 Å². The number of halogens is 3. The second-order valence-electron chi connectivity index (χ2n) is 4.53. The van der Waals surface area contributed by atoms with Crippen molar-refractivity contribution in [3.8, 4) is 11.5 Å². The maximum Gasteiger partial charge on any atom is 0.231 e. The minimum atomic E-state index is -0.263. The molecule has 3 nitrogen and oxygen atoms in total. The molecule has 2 aromatic carbocycles. The van der Waals surface area contributed by atoms with Gasteiger partial charge in [-0.3, -0.25) is 4.79 Å². The normalized spacial score (nSPS) is 12.9. The Bertz CT molecular complexity index is 784. The average molecular weight is 356 g/mol. The predicted octanol–water partition coefficient (Wildman–Crippen LogP) is 5.27. The SMILES string of the molecule is O=C(C=Cc1ccc2c(c1)OCO2)c1ccc(Cl)c(Cl)c1Cl. The first-order valence-corrected chi connectivity index (χ1v) is 7.45. The minimum Gasteiger partial charge on any atom is -0.454 e. The number of rotatable bonds is 3. The van der Waals surface area contributed by atoms with Crippen molar-refractivity contribution in [3.05, 3.63) is 62.6 Å². The maximum absolute atomic E-state index is 12.2. The molecule has 0 aromatic heterocycles. The van der Waals surface area contributed by atoms with Gasteiger partial charge in [0.05, 0.1) is 15.1 Å². The number of carbonyl (C=O) groups excluding carboxylic acids is 1. The lowest BCUT2D eigenvalue weighted by Crippen LogP contribution is -1.96. The molecule has 3 rings (SSSR count). The molecule has 6 heteroatoms. The van der Waals surface area contributed by atoms with Gasteiger partial charge in [0, 0.05) is 5.56 Å². The zero-order valence-electron chi connectivity index (χ0n) is 11.1.